The number of imide groups is 1. The molecule has 1 aromatic carbocycles. The second kappa shape index (κ2) is 4.93. The fraction of sp³-hybridized carbons (Fsp3) is 0.444. The van der Waals surface area contributed by atoms with E-state index < -0.39 is 17.4 Å². The number of benzene rings is 1. The fourth-order valence-corrected chi connectivity index (χ4v) is 3.82. The lowest BCUT2D eigenvalue weighted by Gasteiger charge is -2.24. The van der Waals surface area contributed by atoms with Crippen LogP contribution in [0.25, 0.3) is 0 Å². The molecule has 0 saturated carbocycles. The molecule has 23 heavy (non-hydrogen) atoms. The number of carbonyl (C=O) groups excluding carboxylic acids is 2. The largest absolute Gasteiger partial charge is 0.494 e. The topological polar surface area (TPSA) is 55.8 Å². The van der Waals surface area contributed by atoms with Crippen LogP contribution in [0.3, 0.4) is 0 Å². The maximum atomic E-state index is 12.8. The van der Waals surface area contributed by atoms with Crippen molar-refractivity contribution in [1.29, 1.82) is 0 Å². The van der Waals surface area contributed by atoms with E-state index in [-0.39, 0.29) is 17.9 Å². The van der Waals surface area contributed by atoms with Crippen LogP contribution in [0.15, 0.2) is 36.4 Å². The Kier molecular flexibility index (Phi) is 3.10. The van der Waals surface area contributed by atoms with Crippen molar-refractivity contribution in [2.75, 3.05) is 11.5 Å². The van der Waals surface area contributed by atoms with Gasteiger partial charge in [-0.05, 0) is 37.6 Å². The lowest BCUT2D eigenvalue weighted by molar-refractivity contribution is -0.126. The van der Waals surface area contributed by atoms with E-state index in [1.165, 1.54) is 4.90 Å². The van der Waals surface area contributed by atoms with Gasteiger partial charge in [0.05, 0.1) is 35.8 Å². The predicted octanol–water partition coefficient (Wildman–Crippen LogP) is 2.31. The Morgan fingerprint density at radius 1 is 1.22 bits per heavy atom. The number of hydrogen-bond donors (Lipinski definition) is 0. The van der Waals surface area contributed by atoms with Gasteiger partial charge in [0, 0.05) is 0 Å². The van der Waals surface area contributed by atoms with E-state index in [1.807, 2.05) is 26.0 Å². The molecule has 3 aliphatic rings. The molecule has 2 saturated heterocycles. The molecule has 1 aromatic rings. The first-order chi connectivity index (χ1) is 11.0. The Balaban J connectivity index is 1.61. The van der Waals surface area contributed by atoms with E-state index in [1.54, 1.807) is 24.3 Å². The number of rotatable bonds is 4. The Morgan fingerprint density at radius 2 is 1.96 bits per heavy atom. The summed E-state index contributed by atoms with van der Waals surface area (Å²) in [6, 6.07) is 7.12. The number of carbonyl (C=O) groups is 2. The summed E-state index contributed by atoms with van der Waals surface area (Å²) in [5.41, 5.74) is -0.0534. The highest BCUT2D eigenvalue weighted by Gasteiger charge is 2.65. The van der Waals surface area contributed by atoms with Gasteiger partial charge in [-0.1, -0.05) is 19.1 Å². The third kappa shape index (κ3) is 1.96. The van der Waals surface area contributed by atoms with E-state index in [2.05, 4.69) is 0 Å². The molecule has 2 bridgehead atoms. The van der Waals surface area contributed by atoms with Gasteiger partial charge in [-0.15, -0.1) is 0 Å². The van der Waals surface area contributed by atoms with Gasteiger partial charge in [-0.25, -0.2) is 4.90 Å². The smallest absolute Gasteiger partial charge is 0.241 e. The zero-order valence-electron chi connectivity index (χ0n) is 13.2. The van der Waals surface area contributed by atoms with Crippen molar-refractivity contribution < 1.29 is 19.1 Å². The van der Waals surface area contributed by atoms with E-state index in [0.717, 1.165) is 12.2 Å². The molecular weight excluding hydrogens is 294 g/mol. The predicted molar refractivity (Wildman–Crippen MR) is 84.1 cm³/mol. The molecule has 4 rings (SSSR count). The van der Waals surface area contributed by atoms with Crippen molar-refractivity contribution in [3.63, 3.8) is 0 Å². The fourth-order valence-electron chi connectivity index (χ4n) is 3.82. The second-order valence-corrected chi connectivity index (χ2v) is 6.48. The van der Waals surface area contributed by atoms with Crippen molar-refractivity contribution in [2.45, 2.75) is 32.0 Å². The molecule has 3 aliphatic heterocycles. The van der Waals surface area contributed by atoms with Crippen molar-refractivity contribution in [2.24, 2.45) is 11.8 Å². The van der Waals surface area contributed by atoms with Crippen LogP contribution in [0.5, 0.6) is 5.75 Å². The van der Waals surface area contributed by atoms with Gasteiger partial charge in [0.15, 0.2) is 0 Å². The minimum atomic E-state index is -0.652. The van der Waals surface area contributed by atoms with Crippen LogP contribution in [0.1, 0.15) is 20.3 Å². The van der Waals surface area contributed by atoms with Crippen LogP contribution in [-0.4, -0.2) is 30.1 Å². The summed E-state index contributed by atoms with van der Waals surface area (Å²) in [6.45, 7) is 4.57. The molecule has 0 N–H and O–H groups in total. The zero-order valence-corrected chi connectivity index (χ0v) is 13.2. The van der Waals surface area contributed by atoms with Crippen LogP contribution >= 0.6 is 0 Å². The molecule has 2 fully saturated rings. The summed E-state index contributed by atoms with van der Waals surface area (Å²) >= 11 is 0. The zero-order chi connectivity index (χ0) is 16.2. The van der Waals surface area contributed by atoms with Crippen molar-refractivity contribution in [3.8, 4) is 5.75 Å². The van der Waals surface area contributed by atoms with Crippen LogP contribution < -0.4 is 9.64 Å². The molecule has 4 atom stereocenters. The first-order valence-electron chi connectivity index (χ1n) is 8.03. The van der Waals surface area contributed by atoms with Crippen LogP contribution in [0, 0.1) is 11.8 Å². The molecule has 5 heteroatoms. The van der Waals surface area contributed by atoms with E-state index >= 15 is 0 Å². The number of amides is 2. The van der Waals surface area contributed by atoms with Gasteiger partial charge in [-0.3, -0.25) is 9.59 Å². The van der Waals surface area contributed by atoms with Gasteiger partial charge in [0.2, 0.25) is 11.8 Å². The molecule has 0 unspecified atom stereocenters. The molecule has 0 spiro atoms. The lowest BCUT2D eigenvalue weighted by Crippen LogP contribution is -2.38. The Bertz CT molecular complexity index is 695. The minimum absolute atomic E-state index is 0.166. The molecular formula is C18H19NO4. The summed E-state index contributed by atoms with van der Waals surface area (Å²) < 4.78 is 11.4. The third-order valence-electron chi connectivity index (χ3n) is 4.90. The van der Waals surface area contributed by atoms with E-state index in [0.29, 0.717) is 12.3 Å². The van der Waals surface area contributed by atoms with E-state index in [4.69, 9.17) is 9.47 Å². The molecule has 0 radical (unpaired) electrons. The van der Waals surface area contributed by atoms with Gasteiger partial charge in [0.25, 0.3) is 0 Å². The van der Waals surface area contributed by atoms with Gasteiger partial charge in [-0.2, -0.15) is 0 Å². The highest BCUT2D eigenvalue weighted by molar-refractivity contribution is 6.23. The Morgan fingerprint density at radius 3 is 2.61 bits per heavy atom. The SMILES string of the molecule is CCCOc1ccc(N2C(=O)[C@@H]3[C@@H](C2=O)[C@]2(C)C=C[C@H]3O2)cc1. The highest BCUT2D eigenvalue weighted by Crippen LogP contribution is 2.52. The summed E-state index contributed by atoms with van der Waals surface area (Å²) in [7, 11) is 0. The molecule has 120 valence electrons. The second-order valence-electron chi connectivity index (χ2n) is 6.48. The normalized spacial score (nSPS) is 34.3. The van der Waals surface area contributed by atoms with Crippen molar-refractivity contribution >= 4 is 17.5 Å². The summed E-state index contributed by atoms with van der Waals surface area (Å²) in [5.74, 6) is -0.404. The molecule has 0 aromatic heterocycles. The Labute approximate surface area is 134 Å². The number of ether oxygens (including phenoxy) is 2. The molecule has 0 aliphatic carbocycles. The van der Waals surface area contributed by atoms with Crippen molar-refractivity contribution in [3.05, 3.63) is 36.4 Å². The first kappa shape index (κ1) is 14.5. The lowest BCUT2D eigenvalue weighted by atomic mass is 9.78. The van der Waals surface area contributed by atoms with Crippen LogP contribution in [-0.2, 0) is 14.3 Å². The van der Waals surface area contributed by atoms with Crippen molar-refractivity contribution in [1.82, 2.24) is 0 Å². The summed E-state index contributed by atoms with van der Waals surface area (Å²) in [4.78, 5) is 26.9. The quantitative estimate of drug-likeness (QED) is 0.632. The average Bonchev–Trinajstić information content (AvgIpc) is 3.15. The van der Waals surface area contributed by atoms with Crippen LogP contribution in [0.2, 0.25) is 0 Å². The number of fused-ring (bicyclic) bond motifs is 5. The maximum absolute atomic E-state index is 12.8. The first-order valence-corrected chi connectivity index (χ1v) is 8.03. The Hall–Kier alpha value is -2.14. The molecule has 2 amide bonds. The summed E-state index contributed by atoms with van der Waals surface area (Å²) in [5, 5.41) is 0. The highest BCUT2D eigenvalue weighted by atomic mass is 16.5. The van der Waals surface area contributed by atoms with Gasteiger partial charge < -0.3 is 9.47 Å². The monoisotopic (exact) mass is 313 g/mol. The standard InChI is InChI=1S/C18H19NO4/c1-3-10-22-12-6-4-11(5-7-12)19-16(20)14-13-8-9-18(2,23-13)15(14)17(19)21/h4-9,13-15H,3,10H2,1-2H3/t13-,14+,15+,18+/m1/s1. The molecule has 3 heterocycles. The van der Waals surface area contributed by atoms with Gasteiger partial charge in [0.1, 0.15) is 5.75 Å². The van der Waals surface area contributed by atoms with Gasteiger partial charge >= 0.3 is 0 Å². The third-order valence-corrected chi connectivity index (χ3v) is 4.90. The van der Waals surface area contributed by atoms with E-state index in [9.17, 15) is 9.59 Å². The molecule has 5 nitrogen and oxygen atoms in total. The van der Waals surface area contributed by atoms with Crippen LogP contribution in [0.4, 0.5) is 5.69 Å². The number of nitrogens with zero attached hydrogens (tertiary/aromatic N) is 1. The number of anilines is 1. The maximum Gasteiger partial charge on any atom is 0.241 e. The minimum Gasteiger partial charge on any atom is -0.494 e. The number of hydrogen-bond acceptors (Lipinski definition) is 4. The summed E-state index contributed by atoms with van der Waals surface area (Å²) in [6.07, 6.45) is 4.46. The average molecular weight is 313 g/mol.